The number of aromatic amines is 2. The Morgan fingerprint density at radius 2 is 1.83 bits per heavy atom. The number of hydrogen-bond donors (Lipinski definition) is 3. The van der Waals surface area contributed by atoms with E-state index in [0.29, 0.717) is 46.2 Å². The monoisotopic (exact) mass is 551 g/mol. The molecule has 6 aromatic rings. The molecule has 41 heavy (non-hydrogen) atoms. The number of anilines is 1. The molecule has 0 unspecified atom stereocenters. The number of aromatic nitrogens is 7. The second-order valence-corrected chi connectivity index (χ2v) is 10.4. The molecule has 3 N–H and O–H groups in total. The molecule has 0 atom stereocenters. The first-order chi connectivity index (χ1) is 19.8. The van der Waals surface area contributed by atoms with Crippen molar-refractivity contribution >= 4 is 27.9 Å². The van der Waals surface area contributed by atoms with Gasteiger partial charge >= 0.3 is 0 Å². The lowest BCUT2D eigenvalue weighted by Crippen LogP contribution is -2.19. The van der Waals surface area contributed by atoms with Gasteiger partial charge in [-0.3, -0.25) is 10.1 Å². The summed E-state index contributed by atoms with van der Waals surface area (Å²) in [6.45, 7) is 5.34. The van der Waals surface area contributed by atoms with Gasteiger partial charge in [0.05, 0.1) is 16.6 Å². The molecule has 208 valence electrons. The maximum atomic E-state index is 14.6. The van der Waals surface area contributed by atoms with E-state index in [1.54, 1.807) is 18.6 Å². The Morgan fingerprint density at radius 3 is 2.66 bits per heavy atom. The van der Waals surface area contributed by atoms with Crippen molar-refractivity contribution in [2.24, 2.45) is 0 Å². The Kier molecular flexibility index (Phi) is 7.02. The maximum absolute atomic E-state index is 14.6. The SMILES string of the molecule is CC(C)Nc1cncc(-c2cnc3n[nH]c(-c4nc5nccc(-c6cc(F)cc(OCCN(C)C)c6)c5[nH]4)c3c2)c1. The maximum Gasteiger partial charge on any atom is 0.181 e. The molecule has 1 aromatic carbocycles. The number of hydrogen-bond acceptors (Lipinski definition) is 8. The standard InChI is InChI=1S/C30H30FN9O/c1-17(2)35-22-10-19(14-32-16-22)20-12-25-27(38-39-28(25)34-15-20)30-36-26-24(5-6-33-29(26)37-30)18-9-21(31)13-23(11-18)41-8-7-40(3)4/h5-6,9-17,35H,7-8H2,1-4H3,(H,33,36,37)(H,34,38,39). The van der Waals surface area contributed by atoms with Crippen LogP contribution < -0.4 is 10.1 Å². The molecule has 0 radical (unpaired) electrons. The van der Waals surface area contributed by atoms with E-state index in [0.717, 1.165) is 34.3 Å². The number of nitrogens with zero attached hydrogens (tertiary/aromatic N) is 6. The molecule has 11 heteroatoms. The van der Waals surface area contributed by atoms with Crippen molar-refractivity contribution in [3.63, 3.8) is 0 Å². The molecule has 0 aliphatic carbocycles. The predicted molar refractivity (Wildman–Crippen MR) is 158 cm³/mol. The highest BCUT2D eigenvalue weighted by atomic mass is 19.1. The first kappa shape index (κ1) is 26.3. The van der Waals surface area contributed by atoms with E-state index in [1.165, 1.54) is 12.1 Å². The number of ether oxygens (including phenoxy) is 1. The van der Waals surface area contributed by atoms with Crippen LogP contribution in [0.25, 0.3) is 56.0 Å². The fourth-order valence-electron chi connectivity index (χ4n) is 4.67. The minimum Gasteiger partial charge on any atom is -0.492 e. The van der Waals surface area contributed by atoms with Gasteiger partial charge in [-0.05, 0) is 63.8 Å². The summed E-state index contributed by atoms with van der Waals surface area (Å²) in [6.07, 6.45) is 7.05. The van der Waals surface area contributed by atoms with Gasteiger partial charge in [0.2, 0.25) is 0 Å². The van der Waals surface area contributed by atoms with Crippen molar-refractivity contribution in [3.05, 3.63) is 67.0 Å². The molecular weight excluding hydrogens is 521 g/mol. The fraction of sp³-hybridized carbons (Fsp3) is 0.233. The molecule has 0 amide bonds. The number of pyridine rings is 3. The first-order valence-electron chi connectivity index (χ1n) is 13.3. The van der Waals surface area contributed by atoms with Crippen molar-refractivity contribution in [1.29, 1.82) is 0 Å². The van der Waals surface area contributed by atoms with Gasteiger partial charge in [-0.25, -0.2) is 19.3 Å². The third-order valence-corrected chi connectivity index (χ3v) is 6.55. The molecule has 0 aliphatic rings. The van der Waals surface area contributed by atoms with Crippen molar-refractivity contribution in [1.82, 2.24) is 40.0 Å². The summed E-state index contributed by atoms with van der Waals surface area (Å²) in [5.74, 6) is 0.632. The summed E-state index contributed by atoms with van der Waals surface area (Å²) in [7, 11) is 3.92. The van der Waals surface area contributed by atoms with E-state index < -0.39 is 0 Å². The van der Waals surface area contributed by atoms with Crippen LogP contribution in [0.2, 0.25) is 0 Å². The van der Waals surface area contributed by atoms with Crippen LogP contribution in [0.3, 0.4) is 0 Å². The van der Waals surface area contributed by atoms with E-state index in [2.05, 4.69) is 49.3 Å². The molecule has 10 nitrogen and oxygen atoms in total. The van der Waals surface area contributed by atoms with Crippen LogP contribution in [0.4, 0.5) is 10.1 Å². The van der Waals surface area contributed by atoms with Crippen molar-refractivity contribution in [2.45, 2.75) is 19.9 Å². The quantitative estimate of drug-likeness (QED) is 0.215. The zero-order valence-electron chi connectivity index (χ0n) is 23.2. The average Bonchev–Trinajstić information content (AvgIpc) is 3.56. The molecule has 5 aromatic heterocycles. The van der Waals surface area contributed by atoms with Gasteiger partial charge in [0.25, 0.3) is 0 Å². The minimum absolute atomic E-state index is 0.286. The number of halogens is 1. The highest BCUT2D eigenvalue weighted by Gasteiger charge is 2.17. The van der Waals surface area contributed by atoms with Gasteiger partial charge in [0.1, 0.15) is 23.9 Å². The topological polar surface area (TPSA) is 121 Å². The van der Waals surface area contributed by atoms with E-state index in [-0.39, 0.29) is 11.9 Å². The largest absolute Gasteiger partial charge is 0.492 e. The van der Waals surface area contributed by atoms with Gasteiger partial charge in [-0.15, -0.1) is 0 Å². The third-order valence-electron chi connectivity index (χ3n) is 6.55. The van der Waals surface area contributed by atoms with Crippen molar-refractivity contribution < 1.29 is 9.13 Å². The van der Waals surface area contributed by atoms with E-state index in [9.17, 15) is 4.39 Å². The van der Waals surface area contributed by atoms with Crippen LogP contribution in [0.1, 0.15) is 13.8 Å². The summed E-state index contributed by atoms with van der Waals surface area (Å²) >= 11 is 0. The van der Waals surface area contributed by atoms with Crippen LogP contribution in [-0.2, 0) is 0 Å². The van der Waals surface area contributed by atoms with Gasteiger partial charge in [0.15, 0.2) is 17.1 Å². The number of H-pyrrole nitrogens is 2. The van der Waals surface area contributed by atoms with Gasteiger partial charge in [-0.1, -0.05) is 0 Å². The summed E-state index contributed by atoms with van der Waals surface area (Å²) in [5, 5.41) is 11.6. The van der Waals surface area contributed by atoms with Gasteiger partial charge in [0, 0.05) is 60.1 Å². The molecule has 0 bridgehead atoms. The second-order valence-electron chi connectivity index (χ2n) is 10.4. The number of fused-ring (bicyclic) bond motifs is 2. The first-order valence-corrected chi connectivity index (χ1v) is 13.3. The molecule has 0 fully saturated rings. The molecule has 0 spiro atoms. The smallest absolute Gasteiger partial charge is 0.181 e. The van der Waals surface area contributed by atoms with Crippen LogP contribution >= 0.6 is 0 Å². The normalized spacial score (nSPS) is 11.7. The summed E-state index contributed by atoms with van der Waals surface area (Å²) in [5.41, 5.74) is 6.60. The van der Waals surface area contributed by atoms with E-state index in [4.69, 9.17) is 9.72 Å². The Morgan fingerprint density at radius 1 is 0.976 bits per heavy atom. The lowest BCUT2D eigenvalue weighted by Gasteiger charge is -2.12. The Balaban J connectivity index is 1.37. The third kappa shape index (κ3) is 5.57. The van der Waals surface area contributed by atoms with E-state index in [1.807, 2.05) is 49.5 Å². The van der Waals surface area contributed by atoms with Crippen LogP contribution in [-0.4, -0.2) is 73.3 Å². The molecule has 0 saturated carbocycles. The van der Waals surface area contributed by atoms with Crippen LogP contribution in [0.5, 0.6) is 5.75 Å². The Bertz CT molecular complexity index is 1840. The summed E-state index contributed by atoms with van der Waals surface area (Å²) < 4.78 is 20.4. The zero-order valence-corrected chi connectivity index (χ0v) is 23.2. The number of imidazole rings is 1. The number of likely N-dealkylation sites (N-methyl/N-ethyl adjacent to an activating group) is 1. The highest BCUT2D eigenvalue weighted by Crippen LogP contribution is 2.33. The minimum atomic E-state index is -0.382. The average molecular weight is 552 g/mol. The van der Waals surface area contributed by atoms with Crippen molar-refractivity contribution in [2.75, 3.05) is 32.6 Å². The number of benzene rings is 1. The molecule has 0 aliphatic heterocycles. The number of rotatable bonds is 9. The van der Waals surface area contributed by atoms with Crippen LogP contribution in [0.15, 0.2) is 61.2 Å². The molecule has 0 saturated heterocycles. The highest BCUT2D eigenvalue weighted by molar-refractivity contribution is 5.96. The summed E-state index contributed by atoms with van der Waals surface area (Å²) in [6, 6.07) is 10.9. The van der Waals surface area contributed by atoms with Gasteiger partial charge in [-0.2, -0.15) is 5.10 Å². The van der Waals surface area contributed by atoms with E-state index >= 15 is 0 Å². The Hall–Kier alpha value is -4.90. The molecule has 5 heterocycles. The summed E-state index contributed by atoms with van der Waals surface area (Å²) in [4.78, 5) is 23.5. The lowest BCUT2D eigenvalue weighted by molar-refractivity contribution is 0.260. The Labute approximate surface area is 236 Å². The molecule has 6 rings (SSSR count). The lowest BCUT2D eigenvalue weighted by atomic mass is 10.1. The molecular formula is C30H30FN9O. The second kappa shape index (κ2) is 10.9. The predicted octanol–water partition coefficient (Wildman–Crippen LogP) is 5.53. The van der Waals surface area contributed by atoms with Gasteiger partial charge < -0.3 is 19.9 Å². The van der Waals surface area contributed by atoms with Crippen molar-refractivity contribution in [3.8, 4) is 39.5 Å². The number of nitrogens with one attached hydrogen (secondary N) is 3. The zero-order chi connectivity index (χ0) is 28.5. The fourth-order valence-corrected chi connectivity index (χ4v) is 4.67. The van der Waals surface area contributed by atoms with Crippen LogP contribution in [0, 0.1) is 5.82 Å².